The van der Waals surface area contributed by atoms with Gasteiger partial charge in [-0.05, 0) is 69.6 Å². The van der Waals surface area contributed by atoms with Crippen molar-refractivity contribution in [3.63, 3.8) is 0 Å². The lowest BCUT2D eigenvalue weighted by Crippen LogP contribution is -2.55. The van der Waals surface area contributed by atoms with Crippen LogP contribution in [0.1, 0.15) is 101 Å². The number of ether oxygens (including phenoxy) is 1. The fourth-order valence-corrected chi connectivity index (χ4v) is 5.32. The van der Waals surface area contributed by atoms with Gasteiger partial charge in [0.15, 0.2) is 0 Å². The number of pyridine rings is 1. The molecule has 1 aliphatic heterocycles. The first-order chi connectivity index (χ1) is 15.2. The fraction of sp³-hybridized carbons (Fsp3) is 0.607. The van der Waals surface area contributed by atoms with E-state index in [1.165, 1.54) is 29.5 Å². The Labute approximate surface area is 195 Å². The summed E-state index contributed by atoms with van der Waals surface area (Å²) < 4.78 is 5.68. The lowest BCUT2D eigenvalue weighted by molar-refractivity contribution is -0.00586. The van der Waals surface area contributed by atoms with Gasteiger partial charge in [0, 0.05) is 42.8 Å². The Morgan fingerprint density at radius 1 is 0.969 bits per heavy atom. The summed E-state index contributed by atoms with van der Waals surface area (Å²) in [6, 6.07) is 14.2. The van der Waals surface area contributed by atoms with Crippen LogP contribution in [0.15, 0.2) is 36.4 Å². The van der Waals surface area contributed by atoms with Crippen LogP contribution in [-0.2, 0) is 0 Å². The Morgan fingerprint density at radius 3 is 2.31 bits per heavy atom. The Hall–Kier alpha value is -1.91. The lowest BCUT2D eigenvalue weighted by atomic mass is 9.88. The Morgan fingerprint density at radius 2 is 1.69 bits per heavy atom. The molecule has 1 aliphatic carbocycles. The summed E-state index contributed by atoms with van der Waals surface area (Å²) in [5.74, 6) is 1.99. The van der Waals surface area contributed by atoms with E-state index in [0.717, 1.165) is 31.2 Å². The number of rotatable bonds is 6. The highest BCUT2D eigenvalue weighted by Crippen LogP contribution is 2.44. The third-order valence-corrected chi connectivity index (χ3v) is 7.35. The standard InChI is InChI=1S/C28H41N3O/c1-19(2)22-10-8-9-11-24(22)26-18-30(16-17-31(26)28(4,5)6)20(3)25-15-14-23(21-12-13-21)27(29-25)32-7/h8-11,14-15,19-21,26H,12-13,16-18H2,1-7H3. The van der Waals surface area contributed by atoms with Crippen molar-refractivity contribution in [3.8, 4) is 5.88 Å². The van der Waals surface area contributed by atoms with Crippen molar-refractivity contribution < 1.29 is 4.74 Å². The summed E-state index contributed by atoms with van der Waals surface area (Å²) in [4.78, 5) is 10.3. The SMILES string of the molecule is COc1nc(C(C)N2CCN(C(C)(C)C)C(c3ccccc3C(C)C)C2)ccc1C1CC1. The number of benzene rings is 1. The van der Waals surface area contributed by atoms with Gasteiger partial charge in [-0.3, -0.25) is 9.80 Å². The highest BCUT2D eigenvalue weighted by molar-refractivity contribution is 5.36. The van der Waals surface area contributed by atoms with E-state index in [4.69, 9.17) is 9.72 Å². The van der Waals surface area contributed by atoms with Gasteiger partial charge in [0.05, 0.1) is 12.8 Å². The zero-order valence-corrected chi connectivity index (χ0v) is 21.1. The minimum atomic E-state index is 0.122. The van der Waals surface area contributed by atoms with Crippen LogP contribution in [0.5, 0.6) is 5.88 Å². The van der Waals surface area contributed by atoms with Crippen molar-refractivity contribution in [1.82, 2.24) is 14.8 Å². The van der Waals surface area contributed by atoms with E-state index in [2.05, 4.69) is 87.7 Å². The molecule has 1 aromatic carbocycles. The Balaban J connectivity index is 1.63. The molecule has 1 saturated heterocycles. The number of methoxy groups -OCH3 is 1. The van der Waals surface area contributed by atoms with E-state index in [0.29, 0.717) is 17.9 Å². The maximum Gasteiger partial charge on any atom is 0.216 e. The molecule has 0 N–H and O–H groups in total. The molecule has 2 heterocycles. The second-order valence-electron chi connectivity index (χ2n) is 10.9. The minimum Gasteiger partial charge on any atom is -0.481 e. The van der Waals surface area contributed by atoms with Gasteiger partial charge in [-0.1, -0.05) is 44.2 Å². The predicted octanol–water partition coefficient (Wildman–Crippen LogP) is 6.31. The molecule has 2 atom stereocenters. The minimum absolute atomic E-state index is 0.122. The van der Waals surface area contributed by atoms with E-state index >= 15 is 0 Å². The molecule has 4 heteroatoms. The molecule has 2 unspecified atom stereocenters. The first-order valence-electron chi connectivity index (χ1n) is 12.3. The molecule has 0 spiro atoms. The van der Waals surface area contributed by atoms with Crippen LogP contribution in [0.25, 0.3) is 0 Å². The van der Waals surface area contributed by atoms with Gasteiger partial charge in [-0.15, -0.1) is 0 Å². The van der Waals surface area contributed by atoms with Gasteiger partial charge in [-0.2, -0.15) is 0 Å². The van der Waals surface area contributed by atoms with E-state index < -0.39 is 0 Å². The van der Waals surface area contributed by atoms with E-state index in [9.17, 15) is 0 Å². The van der Waals surface area contributed by atoms with Crippen LogP contribution in [0.2, 0.25) is 0 Å². The molecule has 2 aliphatic rings. The smallest absolute Gasteiger partial charge is 0.216 e. The van der Waals surface area contributed by atoms with Crippen LogP contribution in [0, 0.1) is 0 Å². The molecule has 0 radical (unpaired) electrons. The van der Waals surface area contributed by atoms with Gasteiger partial charge >= 0.3 is 0 Å². The van der Waals surface area contributed by atoms with Crippen LogP contribution < -0.4 is 4.74 Å². The number of hydrogen-bond acceptors (Lipinski definition) is 4. The highest BCUT2D eigenvalue weighted by Gasteiger charge is 2.38. The van der Waals surface area contributed by atoms with Crippen molar-refractivity contribution in [1.29, 1.82) is 0 Å². The Bertz CT molecular complexity index is 929. The van der Waals surface area contributed by atoms with Crippen LogP contribution >= 0.6 is 0 Å². The summed E-state index contributed by atoms with van der Waals surface area (Å²) >= 11 is 0. The molecule has 0 bridgehead atoms. The number of aromatic nitrogens is 1. The summed E-state index contributed by atoms with van der Waals surface area (Å²) in [5, 5.41) is 0. The van der Waals surface area contributed by atoms with E-state index in [-0.39, 0.29) is 11.6 Å². The lowest BCUT2D eigenvalue weighted by Gasteiger charge is -2.50. The number of nitrogens with zero attached hydrogens (tertiary/aromatic N) is 3. The van der Waals surface area contributed by atoms with Crippen LogP contribution in [-0.4, -0.2) is 47.1 Å². The zero-order valence-electron chi connectivity index (χ0n) is 21.1. The Kier molecular flexibility index (Phi) is 6.65. The monoisotopic (exact) mass is 435 g/mol. The first kappa shape index (κ1) is 23.3. The molecule has 2 aromatic rings. The van der Waals surface area contributed by atoms with Crippen molar-refractivity contribution >= 4 is 0 Å². The molecule has 0 amide bonds. The second kappa shape index (κ2) is 9.15. The third kappa shape index (κ3) is 4.72. The van der Waals surface area contributed by atoms with Gasteiger partial charge in [0.1, 0.15) is 0 Å². The van der Waals surface area contributed by atoms with Gasteiger partial charge in [-0.25, -0.2) is 4.98 Å². The van der Waals surface area contributed by atoms with Crippen molar-refractivity contribution in [2.45, 2.75) is 83.8 Å². The largest absolute Gasteiger partial charge is 0.481 e. The topological polar surface area (TPSA) is 28.6 Å². The summed E-state index contributed by atoms with van der Waals surface area (Å²) in [7, 11) is 1.75. The van der Waals surface area contributed by atoms with Crippen molar-refractivity contribution in [2.75, 3.05) is 26.7 Å². The van der Waals surface area contributed by atoms with Gasteiger partial charge in [0.2, 0.25) is 5.88 Å². The second-order valence-corrected chi connectivity index (χ2v) is 10.9. The van der Waals surface area contributed by atoms with E-state index in [1.807, 2.05) is 0 Å². The number of hydrogen-bond donors (Lipinski definition) is 0. The van der Waals surface area contributed by atoms with Crippen LogP contribution in [0.4, 0.5) is 0 Å². The molecule has 4 rings (SSSR count). The molecule has 1 aromatic heterocycles. The molecule has 1 saturated carbocycles. The molecular formula is C28H41N3O. The third-order valence-electron chi connectivity index (χ3n) is 7.35. The fourth-order valence-electron chi connectivity index (χ4n) is 5.32. The maximum atomic E-state index is 5.68. The predicted molar refractivity (Wildman–Crippen MR) is 132 cm³/mol. The van der Waals surface area contributed by atoms with Gasteiger partial charge in [0.25, 0.3) is 0 Å². The van der Waals surface area contributed by atoms with E-state index in [1.54, 1.807) is 7.11 Å². The summed E-state index contributed by atoms with van der Waals surface area (Å²) in [6.07, 6.45) is 2.53. The first-order valence-corrected chi connectivity index (χ1v) is 12.3. The maximum absolute atomic E-state index is 5.68. The summed E-state index contributed by atoms with van der Waals surface area (Å²) in [6.45, 7) is 17.1. The van der Waals surface area contributed by atoms with Crippen molar-refractivity contribution in [3.05, 3.63) is 58.8 Å². The summed E-state index contributed by atoms with van der Waals surface area (Å²) in [5.41, 5.74) is 5.46. The quantitative estimate of drug-likeness (QED) is 0.532. The van der Waals surface area contributed by atoms with Crippen molar-refractivity contribution in [2.24, 2.45) is 0 Å². The molecule has 4 nitrogen and oxygen atoms in total. The van der Waals surface area contributed by atoms with Crippen LogP contribution in [0.3, 0.4) is 0 Å². The number of piperazine rings is 1. The molecule has 32 heavy (non-hydrogen) atoms. The zero-order chi connectivity index (χ0) is 23.0. The average Bonchev–Trinajstić information content (AvgIpc) is 3.62. The van der Waals surface area contributed by atoms with Gasteiger partial charge < -0.3 is 4.74 Å². The normalized spacial score (nSPS) is 21.7. The molecule has 174 valence electrons. The molecular weight excluding hydrogens is 394 g/mol. The molecule has 2 fully saturated rings. The average molecular weight is 436 g/mol. The highest BCUT2D eigenvalue weighted by atomic mass is 16.5.